The minimum absolute atomic E-state index is 0.0251. The standard InChI is InChI=1S/C24H33FO5/c1-24(2,20-4-8-22(9-5-20)29-14-3-12-25)21-6-10-23(11-7-21)30-19-18-28-17-16-27-15-13-26/h4-11,26H,3,12-19H2,1-2H3. The zero-order valence-electron chi connectivity index (χ0n) is 17.9. The topological polar surface area (TPSA) is 57.2 Å². The van der Waals surface area contributed by atoms with Crippen molar-refractivity contribution in [3.63, 3.8) is 0 Å². The summed E-state index contributed by atoms with van der Waals surface area (Å²) in [4.78, 5) is 0. The molecule has 0 saturated carbocycles. The van der Waals surface area contributed by atoms with Crippen molar-refractivity contribution in [2.75, 3.05) is 52.9 Å². The molecule has 0 radical (unpaired) electrons. The molecule has 0 saturated heterocycles. The van der Waals surface area contributed by atoms with Crippen molar-refractivity contribution in [1.82, 2.24) is 0 Å². The lowest BCUT2D eigenvalue weighted by atomic mass is 9.78. The number of aliphatic hydroxyl groups excluding tert-OH is 1. The lowest BCUT2D eigenvalue weighted by Crippen LogP contribution is -2.18. The van der Waals surface area contributed by atoms with Crippen molar-refractivity contribution >= 4 is 0 Å². The molecule has 0 aliphatic carbocycles. The first-order valence-corrected chi connectivity index (χ1v) is 10.4. The molecule has 2 aromatic carbocycles. The van der Waals surface area contributed by atoms with Crippen LogP contribution in [0, 0.1) is 0 Å². The average Bonchev–Trinajstić information content (AvgIpc) is 2.76. The third-order valence-corrected chi connectivity index (χ3v) is 4.80. The van der Waals surface area contributed by atoms with E-state index in [1.54, 1.807) is 0 Å². The summed E-state index contributed by atoms with van der Waals surface area (Å²) in [6.07, 6.45) is 0.410. The summed E-state index contributed by atoms with van der Waals surface area (Å²) in [5.41, 5.74) is 2.18. The molecule has 0 bridgehead atoms. The highest BCUT2D eigenvalue weighted by Crippen LogP contribution is 2.33. The Bertz CT molecular complexity index is 701. The van der Waals surface area contributed by atoms with Gasteiger partial charge < -0.3 is 24.1 Å². The number of aliphatic hydroxyl groups is 1. The van der Waals surface area contributed by atoms with E-state index in [0.29, 0.717) is 46.1 Å². The van der Waals surface area contributed by atoms with Crippen LogP contribution >= 0.6 is 0 Å². The molecule has 0 heterocycles. The van der Waals surface area contributed by atoms with Gasteiger partial charge in [0.2, 0.25) is 0 Å². The fourth-order valence-electron chi connectivity index (χ4n) is 2.95. The first-order valence-electron chi connectivity index (χ1n) is 10.4. The number of alkyl halides is 1. The van der Waals surface area contributed by atoms with Gasteiger partial charge in [0, 0.05) is 11.8 Å². The zero-order valence-corrected chi connectivity index (χ0v) is 17.9. The summed E-state index contributed by atoms with van der Waals surface area (Å²) in [7, 11) is 0. The van der Waals surface area contributed by atoms with Crippen LogP contribution in [0.25, 0.3) is 0 Å². The van der Waals surface area contributed by atoms with Crippen LogP contribution in [-0.4, -0.2) is 58.0 Å². The van der Waals surface area contributed by atoms with Gasteiger partial charge in [-0.15, -0.1) is 0 Å². The molecule has 0 spiro atoms. The second-order valence-corrected chi connectivity index (χ2v) is 7.36. The molecule has 0 aliphatic heterocycles. The number of benzene rings is 2. The van der Waals surface area contributed by atoms with Gasteiger partial charge in [0.05, 0.1) is 46.3 Å². The third-order valence-electron chi connectivity index (χ3n) is 4.80. The molecular weight excluding hydrogens is 387 g/mol. The Balaban J connectivity index is 1.81. The van der Waals surface area contributed by atoms with Gasteiger partial charge in [-0.2, -0.15) is 0 Å². The van der Waals surface area contributed by atoms with Crippen molar-refractivity contribution in [1.29, 1.82) is 0 Å². The lowest BCUT2D eigenvalue weighted by Gasteiger charge is -2.26. The van der Waals surface area contributed by atoms with E-state index < -0.39 is 0 Å². The van der Waals surface area contributed by atoms with E-state index in [0.717, 1.165) is 11.5 Å². The van der Waals surface area contributed by atoms with E-state index in [2.05, 4.69) is 38.1 Å². The highest BCUT2D eigenvalue weighted by molar-refractivity contribution is 5.41. The summed E-state index contributed by atoms with van der Waals surface area (Å²) in [6.45, 7) is 6.63. The van der Waals surface area contributed by atoms with Crippen LogP contribution in [-0.2, 0) is 14.9 Å². The fourth-order valence-corrected chi connectivity index (χ4v) is 2.95. The Morgan fingerprint density at radius 3 is 1.67 bits per heavy atom. The van der Waals surface area contributed by atoms with Crippen LogP contribution in [0.2, 0.25) is 0 Å². The molecule has 0 aromatic heterocycles. The molecule has 166 valence electrons. The van der Waals surface area contributed by atoms with Gasteiger partial charge >= 0.3 is 0 Å². The largest absolute Gasteiger partial charge is 0.494 e. The predicted octanol–water partition coefficient (Wildman–Crippen LogP) is 4.16. The maximum Gasteiger partial charge on any atom is 0.119 e. The molecule has 2 rings (SSSR count). The molecule has 0 fully saturated rings. The summed E-state index contributed by atoms with van der Waals surface area (Å²) in [5.74, 6) is 1.56. The zero-order chi connectivity index (χ0) is 21.7. The minimum atomic E-state index is -0.363. The molecule has 0 unspecified atom stereocenters. The molecule has 30 heavy (non-hydrogen) atoms. The van der Waals surface area contributed by atoms with Gasteiger partial charge in [-0.05, 0) is 35.4 Å². The highest BCUT2D eigenvalue weighted by atomic mass is 19.1. The quantitative estimate of drug-likeness (QED) is 0.439. The third kappa shape index (κ3) is 7.94. The van der Waals surface area contributed by atoms with E-state index in [-0.39, 0.29) is 18.7 Å². The molecule has 5 nitrogen and oxygen atoms in total. The van der Waals surface area contributed by atoms with Gasteiger partial charge in [0.15, 0.2) is 0 Å². The Hall–Kier alpha value is -2.15. The summed E-state index contributed by atoms with van der Waals surface area (Å²) < 4.78 is 34.0. The summed E-state index contributed by atoms with van der Waals surface area (Å²) in [5, 5.41) is 8.61. The molecule has 0 aliphatic rings. The maximum atomic E-state index is 12.2. The Labute approximate surface area is 178 Å². The predicted molar refractivity (Wildman–Crippen MR) is 115 cm³/mol. The van der Waals surface area contributed by atoms with Gasteiger partial charge in [-0.25, -0.2) is 0 Å². The number of halogens is 1. The van der Waals surface area contributed by atoms with Gasteiger partial charge in [-0.1, -0.05) is 38.1 Å². The first-order chi connectivity index (χ1) is 14.6. The fraction of sp³-hybridized carbons (Fsp3) is 0.500. The molecule has 0 amide bonds. The molecule has 0 atom stereocenters. The van der Waals surface area contributed by atoms with Crippen molar-refractivity contribution in [2.45, 2.75) is 25.7 Å². The Morgan fingerprint density at radius 2 is 1.17 bits per heavy atom. The second-order valence-electron chi connectivity index (χ2n) is 7.36. The highest BCUT2D eigenvalue weighted by Gasteiger charge is 2.23. The first kappa shape index (κ1) is 24.1. The van der Waals surface area contributed by atoms with Gasteiger partial charge in [0.25, 0.3) is 0 Å². The number of hydrogen-bond donors (Lipinski definition) is 1. The van der Waals surface area contributed by atoms with Crippen molar-refractivity contribution < 1.29 is 28.4 Å². The van der Waals surface area contributed by atoms with Crippen LogP contribution in [0.15, 0.2) is 48.5 Å². The minimum Gasteiger partial charge on any atom is -0.494 e. The Kier molecular flexibility index (Phi) is 10.6. The van der Waals surface area contributed by atoms with Crippen LogP contribution < -0.4 is 9.47 Å². The van der Waals surface area contributed by atoms with Gasteiger partial charge in [0.1, 0.15) is 18.1 Å². The maximum absolute atomic E-state index is 12.2. The SMILES string of the molecule is CC(C)(c1ccc(OCCCF)cc1)c1ccc(OCCOCCOCCO)cc1. The van der Waals surface area contributed by atoms with Crippen LogP contribution in [0.3, 0.4) is 0 Å². The molecular formula is C24H33FO5. The number of hydrogen-bond acceptors (Lipinski definition) is 5. The Morgan fingerprint density at radius 1 is 0.700 bits per heavy atom. The van der Waals surface area contributed by atoms with E-state index >= 15 is 0 Å². The molecule has 1 N–H and O–H groups in total. The van der Waals surface area contributed by atoms with E-state index in [1.807, 2.05) is 24.3 Å². The normalized spacial score (nSPS) is 11.5. The number of rotatable bonds is 15. The van der Waals surface area contributed by atoms with Crippen molar-refractivity contribution in [3.8, 4) is 11.5 Å². The second kappa shape index (κ2) is 13.2. The summed E-state index contributed by atoms with van der Waals surface area (Å²) in [6, 6.07) is 16.1. The lowest BCUT2D eigenvalue weighted by molar-refractivity contribution is 0.0247. The average molecular weight is 421 g/mol. The van der Waals surface area contributed by atoms with E-state index in [4.69, 9.17) is 24.1 Å². The van der Waals surface area contributed by atoms with Crippen LogP contribution in [0.4, 0.5) is 4.39 Å². The molecule has 6 heteroatoms. The summed E-state index contributed by atoms with van der Waals surface area (Å²) >= 11 is 0. The van der Waals surface area contributed by atoms with E-state index in [1.165, 1.54) is 11.1 Å². The van der Waals surface area contributed by atoms with Crippen LogP contribution in [0.1, 0.15) is 31.4 Å². The van der Waals surface area contributed by atoms with Gasteiger partial charge in [-0.3, -0.25) is 4.39 Å². The molecule has 2 aromatic rings. The smallest absolute Gasteiger partial charge is 0.119 e. The number of ether oxygens (including phenoxy) is 4. The van der Waals surface area contributed by atoms with Crippen LogP contribution in [0.5, 0.6) is 11.5 Å². The monoisotopic (exact) mass is 420 g/mol. The van der Waals surface area contributed by atoms with Crippen molar-refractivity contribution in [3.05, 3.63) is 59.7 Å². The van der Waals surface area contributed by atoms with E-state index in [9.17, 15) is 4.39 Å². The van der Waals surface area contributed by atoms with Crippen molar-refractivity contribution in [2.24, 2.45) is 0 Å².